The fraction of sp³-hybridized carbons (Fsp3) is 0.286. The molecule has 0 spiro atoms. The Morgan fingerprint density at radius 2 is 2.10 bits per heavy atom. The summed E-state index contributed by atoms with van der Waals surface area (Å²) in [6, 6.07) is 4.68. The molecule has 1 N–H and O–H groups in total. The van der Waals surface area contributed by atoms with Crippen molar-refractivity contribution in [1.29, 1.82) is 0 Å². The smallest absolute Gasteiger partial charge is 0.347 e. The average Bonchev–Trinajstić information content (AvgIpc) is 2.86. The molecule has 1 aromatic rings. The number of aliphatic hydroxyl groups is 1. The van der Waals surface area contributed by atoms with Crippen molar-refractivity contribution in [3.63, 3.8) is 0 Å². The largest absolute Gasteiger partial charge is 0.463 e. The van der Waals surface area contributed by atoms with Crippen molar-refractivity contribution in [2.45, 2.75) is 18.6 Å². The van der Waals surface area contributed by atoms with Crippen molar-refractivity contribution >= 4 is 11.9 Å². The molecule has 6 heteroatoms. The van der Waals surface area contributed by atoms with Crippen LogP contribution < -0.4 is 0 Å². The molecule has 1 heterocycles. The first-order valence-corrected chi connectivity index (χ1v) is 6.03. The van der Waals surface area contributed by atoms with Gasteiger partial charge in [0.1, 0.15) is 5.82 Å². The van der Waals surface area contributed by atoms with Crippen LogP contribution in [0.4, 0.5) is 4.39 Å². The molecule has 0 saturated carbocycles. The minimum absolute atomic E-state index is 0.0483. The molecule has 2 rings (SSSR count). The predicted octanol–water partition coefficient (Wildman–Crippen LogP) is 1.06. The summed E-state index contributed by atoms with van der Waals surface area (Å²) in [5.41, 5.74) is -2.12. The summed E-state index contributed by atoms with van der Waals surface area (Å²) in [7, 11) is 0. The molecule has 2 atom stereocenters. The van der Waals surface area contributed by atoms with E-state index in [2.05, 4.69) is 0 Å². The first-order valence-electron chi connectivity index (χ1n) is 6.03. The van der Waals surface area contributed by atoms with E-state index in [1.165, 1.54) is 18.2 Å². The highest BCUT2D eigenvalue weighted by Gasteiger charge is 2.50. The zero-order valence-electron chi connectivity index (χ0n) is 10.7. The molecule has 1 aromatic carbocycles. The molecular weight excluding hydrogens is 267 g/mol. The molecule has 5 nitrogen and oxygen atoms in total. The number of benzene rings is 1. The van der Waals surface area contributed by atoms with Gasteiger partial charge < -0.3 is 14.6 Å². The van der Waals surface area contributed by atoms with E-state index in [1.807, 2.05) is 0 Å². The lowest BCUT2D eigenvalue weighted by Gasteiger charge is -2.30. The van der Waals surface area contributed by atoms with Crippen LogP contribution in [0.1, 0.15) is 12.5 Å². The van der Waals surface area contributed by atoms with Crippen LogP contribution in [0, 0.1) is 5.82 Å². The van der Waals surface area contributed by atoms with E-state index in [-0.39, 0.29) is 12.2 Å². The van der Waals surface area contributed by atoms with E-state index >= 15 is 0 Å². The van der Waals surface area contributed by atoms with Crippen molar-refractivity contribution in [1.82, 2.24) is 0 Å². The SMILES string of the molecule is CCOC(=O)[C@](O)(c1ccc(F)cc1)[C@@H]1C=CC(=O)O1. The molecular formula is C14H13FO5. The number of esters is 2. The van der Waals surface area contributed by atoms with Gasteiger partial charge in [0.05, 0.1) is 6.61 Å². The Morgan fingerprint density at radius 3 is 2.60 bits per heavy atom. The Hall–Kier alpha value is -2.21. The van der Waals surface area contributed by atoms with Crippen molar-refractivity contribution in [2.75, 3.05) is 6.61 Å². The maximum absolute atomic E-state index is 13.0. The van der Waals surface area contributed by atoms with E-state index in [0.29, 0.717) is 0 Å². The second kappa shape index (κ2) is 5.42. The van der Waals surface area contributed by atoms with Crippen molar-refractivity contribution in [3.05, 3.63) is 47.8 Å². The molecule has 0 aromatic heterocycles. The van der Waals surface area contributed by atoms with Gasteiger partial charge >= 0.3 is 11.9 Å². The summed E-state index contributed by atoms with van der Waals surface area (Å²) in [4.78, 5) is 23.2. The molecule has 0 aliphatic carbocycles. The monoisotopic (exact) mass is 280 g/mol. The van der Waals surface area contributed by atoms with Gasteiger partial charge in [0.25, 0.3) is 0 Å². The fourth-order valence-corrected chi connectivity index (χ4v) is 1.94. The Balaban J connectivity index is 2.43. The molecule has 0 saturated heterocycles. The van der Waals surface area contributed by atoms with Gasteiger partial charge in [0.15, 0.2) is 6.10 Å². The first-order chi connectivity index (χ1) is 9.48. The van der Waals surface area contributed by atoms with Gasteiger partial charge in [-0.05, 0) is 30.7 Å². The van der Waals surface area contributed by atoms with Gasteiger partial charge in [0.2, 0.25) is 5.60 Å². The third-order valence-electron chi connectivity index (χ3n) is 2.93. The quantitative estimate of drug-likeness (QED) is 0.835. The van der Waals surface area contributed by atoms with Crippen molar-refractivity contribution in [2.24, 2.45) is 0 Å². The second-order valence-electron chi connectivity index (χ2n) is 4.21. The maximum atomic E-state index is 13.0. The molecule has 1 aliphatic rings. The minimum atomic E-state index is -2.20. The number of ether oxygens (including phenoxy) is 2. The highest BCUT2D eigenvalue weighted by molar-refractivity contribution is 5.88. The van der Waals surface area contributed by atoms with Crippen molar-refractivity contribution in [3.8, 4) is 0 Å². The molecule has 0 fully saturated rings. The fourth-order valence-electron chi connectivity index (χ4n) is 1.94. The number of halogens is 1. The van der Waals surface area contributed by atoms with E-state index in [1.54, 1.807) is 6.92 Å². The molecule has 106 valence electrons. The highest BCUT2D eigenvalue weighted by atomic mass is 19.1. The number of carbonyl (C=O) groups excluding carboxylic acids is 2. The summed E-state index contributed by atoms with van der Waals surface area (Å²) >= 11 is 0. The molecule has 0 radical (unpaired) electrons. The number of hydrogen-bond acceptors (Lipinski definition) is 5. The van der Waals surface area contributed by atoms with Crippen LogP contribution >= 0.6 is 0 Å². The van der Waals surface area contributed by atoms with Gasteiger partial charge in [0, 0.05) is 6.08 Å². The normalized spacial score (nSPS) is 20.4. The zero-order valence-corrected chi connectivity index (χ0v) is 10.7. The van der Waals surface area contributed by atoms with Crippen molar-refractivity contribution < 1.29 is 28.6 Å². The van der Waals surface area contributed by atoms with Crippen LogP contribution in [-0.2, 0) is 24.7 Å². The topological polar surface area (TPSA) is 72.8 Å². The molecule has 20 heavy (non-hydrogen) atoms. The Labute approximate surface area is 114 Å². The van der Waals surface area contributed by atoms with Gasteiger partial charge in [-0.1, -0.05) is 12.1 Å². The van der Waals surface area contributed by atoms with Gasteiger partial charge in [-0.2, -0.15) is 0 Å². The van der Waals surface area contributed by atoms with Crippen LogP contribution in [-0.4, -0.2) is 29.8 Å². The number of cyclic esters (lactones) is 1. The Morgan fingerprint density at radius 1 is 1.45 bits per heavy atom. The second-order valence-corrected chi connectivity index (χ2v) is 4.21. The van der Waals surface area contributed by atoms with Crippen LogP contribution in [0.25, 0.3) is 0 Å². The minimum Gasteiger partial charge on any atom is -0.463 e. The lowest BCUT2D eigenvalue weighted by molar-refractivity contribution is -0.181. The van der Waals surface area contributed by atoms with Crippen LogP contribution in [0.3, 0.4) is 0 Å². The number of rotatable bonds is 4. The first kappa shape index (κ1) is 14.2. The third-order valence-corrected chi connectivity index (χ3v) is 2.93. The van der Waals surface area contributed by atoms with Crippen LogP contribution in [0.2, 0.25) is 0 Å². The molecule has 0 bridgehead atoms. The summed E-state index contributed by atoms with van der Waals surface area (Å²) in [6.07, 6.45) is 1.17. The predicted molar refractivity (Wildman–Crippen MR) is 65.9 cm³/mol. The lowest BCUT2D eigenvalue weighted by Crippen LogP contribution is -2.47. The lowest BCUT2D eigenvalue weighted by atomic mass is 9.88. The van der Waals surface area contributed by atoms with E-state index in [9.17, 15) is 19.1 Å². The number of hydrogen-bond donors (Lipinski definition) is 1. The number of carbonyl (C=O) groups is 2. The third kappa shape index (κ3) is 2.42. The van der Waals surface area contributed by atoms with Crippen LogP contribution in [0.5, 0.6) is 0 Å². The van der Waals surface area contributed by atoms with E-state index < -0.39 is 29.5 Å². The molecule has 0 amide bonds. The van der Waals surface area contributed by atoms with E-state index in [4.69, 9.17) is 9.47 Å². The van der Waals surface area contributed by atoms with Crippen LogP contribution in [0.15, 0.2) is 36.4 Å². The van der Waals surface area contributed by atoms with E-state index in [0.717, 1.165) is 18.2 Å². The summed E-state index contributed by atoms with van der Waals surface area (Å²) < 4.78 is 22.7. The maximum Gasteiger partial charge on any atom is 0.347 e. The zero-order chi connectivity index (χ0) is 14.8. The Kier molecular flexibility index (Phi) is 3.85. The molecule has 1 aliphatic heterocycles. The standard InChI is InChI=1S/C14H13FO5/c1-2-19-13(17)14(18,11-7-8-12(16)20-11)9-3-5-10(15)6-4-9/h3-8,11,18H,2H2,1H3/t11-,14-/m0/s1. The average molecular weight is 280 g/mol. The van der Waals surface area contributed by atoms with Gasteiger partial charge in [-0.15, -0.1) is 0 Å². The summed E-state index contributed by atoms with van der Waals surface area (Å²) in [6.45, 7) is 1.63. The molecule has 0 unspecified atom stereocenters. The Bertz CT molecular complexity index is 551. The highest BCUT2D eigenvalue weighted by Crippen LogP contribution is 2.32. The van der Waals surface area contributed by atoms with Gasteiger partial charge in [-0.3, -0.25) is 0 Å². The summed E-state index contributed by atoms with van der Waals surface area (Å²) in [5, 5.41) is 10.7. The summed E-state index contributed by atoms with van der Waals surface area (Å²) in [5.74, 6) is -2.14. The van der Waals surface area contributed by atoms with Gasteiger partial charge in [-0.25, -0.2) is 14.0 Å².